The number of aromatic nitrogens is 1. The third-order valence-electron chi connectivity index (χ3n) is 4.92. The Morgan fingerprint density at radius 3 is 2.83 bits per heavy atom. The molecule has 1 aromatic heterocycles. The van der Waals surface area contributed by atoms with Crippen molar-refractivity contribution in [2.75, 3.05) is 25.0 Å². The maximum absolute atomic E-state index is 4.57. The number of likely N-dealkylation sites (N-methyl/N-ethyl adjacent to an activating group) is 1. The van der Waals surface area contributed by atoms with Gasteiger partial charge in [-0.05, 0) is 54.9 Å². The van der Waals surface area contributed by atoms with Gasteiger partial charge in [-0.1, -0.05) is 31.2 Å². The minimum Gasteiger partial charge on any atom is -0.380 e. The number of hydrogen-bond donors (Lipinski definition) is 1. The molecule has 2 heterocycles. The van der Waals surface area contributed by atoms with Gasteiger partial charge in [-0.25, -0.2) is 0 Å². The predicted molar refractivity (Wildman–Crippen MR) is 98.0 cm³/mol. The van der Waals surface area contributed by atoms with Crippen molar-refractivity contribution in [1.29, 1.82) is 0 Å². The normalized spacial score (nSPS) is 19.3. The molecule has 0 amide bonds. The van der Waals surface area contributed by atoms with Crippen molar-refractivity contribution in [3.05, 3.63) is 48.7 Å². The fourth-order valence-electron chi connectivity index (χ4n) is 3.64. The number of piperidine rings is 1. The maximum Gasteiger partial charge on any atom is 0.0729 e. The molecular weight excluding hydrogens is 282 g/mol. The second-order valence-electron chi connectivity index (χ2n) is 6.45. The molecule has 118 valence electrons. The molecule has 23 heavy (non-hydrogen) atoms. The zero-order valence-electron chi connectivity index (χ0n) is 13.6. The van der Waals surface area contributed by atoms with E-state index in [9.17, 15) is 0 Å². The molecule has 0 aliphatic carbocycles. The Bertz CT molecular complexity index is 827. The highest BCUT2D eigenvalue weighted by molar-refractivity contribution is 6.01. The summed E-state index contributed by atoms with van der Waals surface area (Å²) in [6.45, 7) is 5.75. The minimum atomic E-state index is 0.528. The van der Waals surface area contributed by atoms with Gasteiger partial charge in [0.1, 0.15) is 0 Å². The van der Waals surface area contributed by atoms with Gasteiger partial charge in [0.05, 0.1) is 5.52 Å². The van der Waals surface area contributed by atoms with E-state index in [0.717, 1.165) is 18.6 Å². The number of rotatable bonds is 3. The lowest BCUT2D eigenvalue weighted by atomic mass is 10.0. The molecule has 0 radical (unpaired) electrons. The molecule has 1 saturated heterocycles. The summed E-state index contributed by atoms with van der Waals surface area (Å²) in [6, 6.07) is 15.6. The zero-order chi connectivity index (χ0) is 15.6. The Kier molecular flexibility index (Phi) is 3.88. The Morgan fingerprint density at radius 1 is 1.17 bits per heavy atom. The third-order valence-corrected chi connectivity index (χ3v) is 4.92. The lowest BCUT2D eigenvalue weighted by Gasteiger charge is -2.33. The van der Waals surface area contributed by atoms with E-state index in [1.807, 2.05) is 6.20 Å². The van der Waals surface area contributed by atoms with Gasteiger partial charge in [0.2, 0.25) is 0 Å². The first kappa shape index (κ1) is 14.5. The van der Waals surface area contributed by atoms with Crippen molar-refractivity contribution in [3.8, 4) is 0 Å². The Balaban J connectivity index is 1.70. The van der Waals surface area contributed by atoms with Crippen LogP contribution >= 0.6 is 0 Å². The Labute approximate surface area is 137 Å². The van der Waals surface area contributed by atoms with Gasteiger partial charge in [-0.15, -0.1) is 0 Å². The monoisotopic (exact) mass is 305 g/mol. The fraction of sp³-hybridized carbons (Fsp3) is 0.350. The number of hydrogen-bond acceptors (Lipinski definition) is 3. The van der Waals surface area contributed by atoms with Crippen LogP contribution in [0.3, 0.4) is 0 Å². The summed E-state index contributed by atoms with van der Waals surface area (Å²) in [5.74, 6) is 0. The molecule has 0 bridgehead atoms. The number of nitrogens with one attached hydrogen (secondary N) is 1. The molecule has 1 aliphatic rings. The minimum absolute atomic E-state index is 0.528. The molecule has 3 heteroatoms. The zero-order valence-corrected chi connectivity index (χ0v) is 13.6. The van der Waals surface area contributed by atoms with Crippen molar-refractivity contribution in [2.24, 2.45) is 0 Å². The van der Waals surface area contributed by atoms with E-state index in [4.69, 9.17) is 0 Å². The third kappa shape index (κ3) is 2.89. The molecule has 0 spiro atoms. The standard InChI is InChI=1S/C20H23N3/c1-2-23-11-5-8-17(14-23)22-19-9-10-21-20-13-16-7-4-3-6-15(16)12-18(19)20/h3-4,6-7,9-10,12-13,17H,2,5,8,11,14H2,1H3,(H,21,22). The van der Waals surface area contributed by atoms with Gasteiger partial charge < -0.3 is 10.2 Å². The lowest BCUT2D eigenvalue weighted by molar-refractivity contribution is 0.227. The van der Waals surface area contributed by atoms with Crippen molar-refractivity contribution in [2.45, 2.75) is 25.8 Å². The van der Waals surface area contributed by atoms with Crippen LogP contribution in [-0.4, -0.2) is 35.6 Å². The molecule has 0 saturated carbocycles. The van der Waals surface area contributed by atoms with E-state index in [1.165, 1.54) is 41.2 Å². The average Bonchev–Trinajstić information content (AvgIpc) is 2.60. The van der Waals surface area contributed by atoms with E-state index in [2.05, 4.69) is 64.6 Å². The molecule has 1 N–H and O–H groups in total. The van der Waals surface area contributed by atoms with E-state index in [-0.39, 0.29) is 0 Å². The second kappa shape index (κ2) is 6.17. The number of anilines is 1. The molecule has 3 nitrogen and oxygen atoms in total. The molecule has 1 unspecified atom stereocenters. The number of fused-ring (bicyclic) bond motifs is 2. The highest BCUT2D eigenvalue weighted by atomic mass is 15.2. The number of nitrogens with zero attached hydrogens (tertiary/aromatic N) is 2. The largest absolute Gasteiger partial charge is 0.380 e. The van der Waals surface area contributed by atoms with Gasteiger partial charge in [0.15, 0.2) is 0 Å². The molecule has 3 aromatic rings. The van der Waals surface area contributed by atoms with Crippen LogP contribution in [0.4, 0.5) is 5.69 Å². The number of benzene rings is 2. The van der Waals surface area contributed by atoms with Crippen molar-refractivity contribution < 1.29 is 0 Å². The number of likely N-dealkylation sites (tertiary alicyclic amines) is 1. The highest BCUT2D eigenvalue weighted by Crippen LogP contribution is 2.28. The molecule has 2 aromatic carbocycles. The fourth-order valence-corrected chi connectivity index (χ4v) is 3.64. The van der Waals surface area contributed by atoms with Crippen LogP contribution < -0.4 is 5.32 Å². The summed E-state index contributed by atoms with van der Waals surface area (Å²) >= 11 is 0. The quantitative estimate of drug-likeness (QED) is 0.732. The van der Waals surface area contributed by atoms with Crippen LogP contribution in [0.5, 0.6) is 0 Å². The first-order valence-corrected chi connectivity index (χ1v) is 8.60. The average molecular weight is 305 g/mol. The first-order chi connectivity index (χ1) is 11.3. The van der Waals surface area contributed by atoms with Crippen LogP contribution in [0.2, 0.25) is 0 Å². The van der Waals surface area contributed by atoms with Gasteiger partial charge in [0.25, 0.3) is 0 Å². The summed E-state index contributed by atoms with van der Waals surface area (Å²) in [7, 11) is 0. The van der Waals surface area contributed by atoms with E-state index >= 15 is 0 Å². The van der Waals surface area contributed by atoms with Crippen LogP contribution in [0.15, 0.2) is 48.7 Å². The smallest absolute Gasteiger partial charge is 0.0729 e. The van der Waals surface area contributed by atoms with Crippen LogP contribution in [0.1, 0.15) is 19.8 Å². The van der Waals surface area contributed by atoms with Gasteiger partial charge in [-0.2, -0.15) is 0 Å². The van der Waals surface area contributed by atoms with Gasteiger partial charge in [-0.3, -0.25) is 4.98 Å². The lowest BCUT2D eigenvalue weighted by Crippen LogP contribution is -2.41. The van der Waals surface area contributed by atoms with Crippen LogP contribution in [0.25, 0.3) is 21.7 Å². The summed E-state index contributed by atoms with van der Waals surface area (Å²) < 4.78 is 0. The van der Waals surface area contributed by atoms with Crippen molar-refractivity contribution >= 4 is 27.4 Å². The highest BCUT2D eigenvalue weighted by Gasteiger charge is 2.19. The van der Waals surface area contributed by atoms with Crippen molar-refractivity contribution in [1.82, 2.24) is 9.88 Å². The maximum atomic E-state index is 4.57. The van der Waals surface area contributed by atoms with Gasteiger partial charge >= 0.3 is 0 Å². The Morgan fingerprint density at radius 2 is 2.00 bits per heavy atom. The molecule has 1 atom stereocenters. The molecular formula is C20H23N3. The summed E-state index contributed by atoms with van der Waals surface area (Å²) in [5, 5.41) is 7.52. The predicted octanol–water partition coefficient (Wildman–Crippen LogP) is 4.28. The van der Waals surface area contributed by atoms with Crippen LogP contribution in [-0.2, 0) is 0 Å². The second-order valence-corrected chi connectivity index (χ2v) is 6.45. The summed E-state index contributed by atoms with van der Waals surface area (Å²) in [6.07, 6.45) is 4.44. The SMILES string of the molecule is CCN1CCCC(Nc2ccnc3cc4ccccc4cc23)C1. The summed E-state index contributed by atoms with van der Waals surface area (Å²) in [4.78, 5) is 7.09. The topological polar surface area (TPSA) is 28.2 Å². The van der Waals surface area contributed by atoms with Crippen LogP contribution in [0, 0.1) is 0 Å². The van der Waals surface area contributed by atoms with E-state index in [1.54, 1.807) is 0 Å². The molecule has 1 aliphatic heterocycles. The first-order valence-electron chi connectivity index (χ1n) is 8.60. The number of pyridine rings is 1. The van der Waals surface area contributed by atoms with E-state index < -0.39 is 0 Å². The van der Waals surface area contributed by atoms with Gasteiger partial charge in [0, 0.05) is 29.9 Å². The Hall–Kier alpha value is -2.13. The molecule has 4 rings (SSSR count). The van der Waals surface area contributed by atoms with E-state index in [0.29, 0.717) is 6.04 Å². The van der Waals surface area contributed by atoms with Crippen molar-refractivity contribution in [3.63, 3.8) is 0 Å². The summed E-state index contributed by atoms with van der Waals surface area (Å²) in [5.41, 5.74) is 2.28. The molecule has 1 fully saturated rings.